The van der Waals surface area contributed by atoms with Gasteiger partial charge in [-0.3, -0.25) is 4.90 Å². The van der Waals surface area contributed by atoms with Crippen molar-refractivity contribution in [1.82, 2.24) is 4.90 Å². The third kappa shape index (κ3) is 2.32. The first-order valence-corrected chi connectivity index (χ1v) is 7.40. The zero-order valence-electron chi connectivity index (χ0n) is 11.1. The van der Waals surface area contributed by atoms with Crippen molar-refractivity contribution in [3.8, 4) is 0 Å². The fourth-order valence-electron chi connectivity index (χ4n) is 3.63. The second-order valence-corrected chi connectivity index (χ2v) is 5.82. The number of nitrogens with two attached hydrogens (primary N) is 1. The number of hydrogen-bond donors (Lipinski definition) is 1. The Morgan fingerprint density at radius 2 is 2.11 bits per heavy atom. The maximum Gasteiger partial charge on any atom is 0.0107 e. The normalized spacial score (nSPS) is 27.6. The maximum atomic E-state index is 5.75. The van der Waals surface area contributed by atoms with Crippen molar-refractivity contribution in [3.05, 3.63) is 35.4 Å². The highest BCUT2D eigenvalue weighted by molar-refractivity contribution is 5.40. The van der Waals surface area contributed by atoms with Crippen molar-refractivity contribution in [3.63, 3.8) is 0 Å². The van der Waals surface area contributed by atoms with Gasteiger partial charge >= 0.3 is 0 Å². The zero-order chi connectivity index (χ0) is 12.4. The van der Waals surface area contributed by atoms with Gasteiger partial charge in [0, 0.05) is 18.5 Å². The Balaban J connectivity index is 1.62. The number of benzene rings is 1. The number of likely N-dealkylation sites (tertiary alicyclic amines) is 1. The molecule has 2 aliphatic rings. The Labute approximate surface area is 110 Å². The highest BCUT2D eigenvalue weighted by Gasteiger charge is 2.30. The average Bonchev–Trinajstić information content (AvgIpc) is 2.38. The molecular formula is C16H24N2. The van der Waals surface area contributed by atoms with E-state index >= 15 is 0 Å². The summed E-state index contributed by atoms with van der Waals surface area (Å²) < 4.78 is 0. The molecule has 0 saturated carbocycles. The zero-order valence-corrected chi connectivity index (χ0v) is 11.1. The van der Waals surface area contributed by atoms with Crippen molar-refractivity contribution in [1.29, 1.82) is 0 Å². The van der Waals surface area contributed by atoms with Crippen molar-refractivity contribution >= 4 is 0 Å². The van der Waals surface area contributed by atoms with Crippen LogP contribution < -0.4 is 5.73 Å². The minimum atomic E-state index is 0.747. The summed E-state index contributed by atoms with van der Waals surface area (Å²) in [6.07, 6.45) is 6.57. The molecule has 0 bridgehead atoms. The molecule has 2 heteroatoms. The molecular weight excluding hydrogens is 220 g/mol. The molecule has 2 atom stereocenters. The average molecular weight is 244 g/mol. The lowest BCUT2D eigenvalue weighted by molar-refractivity contribution is 0.129. The van der Waals surface area contributed by atoms with Crippen LogP contribution in [-0.2, 0) is 6.42 Å². The minimum absolute atomic E-state index is 0.747. The van der Waals surface area contributed by atoms with Gasteiger partial charge in [0.1, 0.15) is 0 Å². The molecule has 0 spiro atoms. The second-order valence-electron chi connectivity index (χ2n) is 5.82. The van der Waals surface area contributed by atoms with Gasteiger partial charge in [0.25, 0.3) is 0 Å². The van der Waals surface area contributed by atoms with Crippen molar-refractivity contribution in [2.24, 2.45) is 5.73 Å². The SMILES string of the molecule is NCCC1CCCCN1CC1Cc2ccccc21. The van der Waals surface area contributed by atoms with Crippen LogP contribution in [0.15, 0.2) is 24.3 Å². The molecule has 98 valence electrons. The van der Waals surface area contributed by atoms with Gasteiger partial charge in [-0.1, -0.05) is 30.7 Å². The van der Waals surface area contributed by atoms with Gasteiger partial charge in [0.05, 0.1) is 0 Å². The Morgan fingerprint density at radius 3 is 2.94 bits per heavy atom. The van der Waals surface area contributed by atoms with E-state index in [-0.39, 0.29) is 0 Å². The van der Waals surface area contributed by atoms with Crippen LogP contribution in [0.4, 0.5) is 0 Å². The Hall–Kier alpha value is -0.860. The highest BCUT2D eigenvalue weighted by atomic mass is 15.2. The van der Waals surface area contributed by atoms with E-state index in [2.05, 4.69) is 29.2 Å². The van der Waals surface area contributed by atoms with Crippen molar-refractivity contribution < 1.29 is 0 Å². The molecule has 3 rings (SSSR count). The van der Waals surface area contributed by atoms with Gasteiger partial charge in [-0.05, 0) is 49.9 Å². The number of hydrogen-bond acceptors (Lipinski definition) is 2. The number of piperidine rings is 1. The highest BCUT2D eigenvalue weighted by Crippen LogP contribution is 2.36. The number of fused-ring (bicyclic) bond motifs is 1. The minimum Gasteiger partial charge on any atom is -0.330 e. The van der Waals surface area contributed by atoms with Gasteiger partial charge in [-0.25, -0.2) is 0 Å². The van der Waals surface area contributed by atoms with E-state index in [1.807, 2.05) is 0 Å². The van der Waals surface area contributed by atoms with Gasteiger partial charge in [-0.2, -0.15) is 0 Å². The molecule has 2 N–H and O–H groups in total. The van der Waals surface area contributed by atoms with E-state index in [0.29, 0.717) is 0 Å². The van der Waals surface area contributed by atoms with E-state index < -0.39 is 0 Å². The summed E-state index contributed by atoms with van der Waals surface area (Å²) in [4.78, 5) is 2.71. The summed E-state index contributed by atoms with van der Waals surface area (Å²) in [7, 11) is 0. The van der Waals surface area contributed by atoms with E-state index in [1.165, 1.54) is 45.2 Å². The van der Waals surface area contributed by atoms with Gasteiger partial charge in [0.2, 0.25) is 0 Å². The van der Waals surface area contributed by atoms with Gasteiger partial charge < -0.3 is 5.73 Å². The number of rotatable bonds is 4. The molecule has 0 radical (unpaired) electrons. The molecule has 1 fully saturated rings. The van der Waals surface area contributed by atoms with Crippen LogP contribution in [0, 0.1) is 0 Å². The van der Waals surface area contributed by atoms with Crippen LogP contribution in [0.2, 0.25) is 0 Å². The number of nitrogens with zero attached hydrogens (tertiary/aromatic N) is 1. The standard InChI is InChI=1S/C16H24N2/c17-9-8-15-6-3-4-10-18(15)12-14-11-13-5-1-2-7-16(13)14/h1-2,5,7,14-15H,3-4,6,8-12,17H2. The fourth-order valence-corrected chi connectivity index (χ4v) is 3.63. The second kappa shape index (κ2) is 5.41. The summed E-state index contributed by atoms with van der Waals surface area (Å²) in [6.45, 7) is 3.37. The molecule has 1 aliphatic carbocycles. The van der Waals surface area contributed by atoms with Crippen molar-refractivity contribution in [2.45, 2.75) is 44.1 Å². The lowest BCUT2D eigenvalue weighted by atomic mass is 9.77. The van der Waals surface area contributed by atoms with Crippen LogP contribution in [0.3, 0.4) is 0 Å². The third-order valence-corrected chi connectivity index (χ3v) is 4.67. The van der Waals surface area contributed by atoms with E-state index in [4.69, 9.17) is 5.73 Å². The molecule has 1 aliphatic heterocycles. The maximum absolute atomic E-state index is 5.75. The quantitative estimate of drug-likeness (QED) is 0.882. The Morgan fingerprint density at radius 1 is 1.22 bits per heavy atom. The molecule has 0 amide bonds. The first-order valence-electron chi connectivity index (χ1n) is 7.40. The first-order chi connectivity index (χ1) is 8.88. The fraction of sp³-hybridized carbons (Fsp3) is 0.625. The molecule has 1 heterocycles. The smallest absolute Gasteiger partial charge is 0.0107 e. The summed E-state index contributed by atoms with van der Waals surface area (Å²) in [5.74, 6) is 0.777. The van der Waals surface area contributed by atoms with Crippen LogP contribution in [-0.4, -0.2) is 30.6 Å². The lowest BCUT2D eigenvalue weighted by Gasteiger charge is -2.41. The van der Waals surface area contributed by atoms with E-state index in [0.717, 1.165) is 18.5 Å². The Kier molecular flexibility index (Phi) is 3.67. The van der Waals surface area contributed by atoms with Crippen LogP contribution >= 0.6 is 0 Å². The molecule has 18 heavy (non-hydrogen) atoms. The molecule has 2 unspecified atom stereocenters. The lowest BCUT2D eigenvalue weighted by Crippen LogP contribution is -2.44. The summed E-state index contributed by atoms with van der Waals surface area (Å²) in [5, 5.41) is 0. The Bertz CT molecular complexity index is 400. The first kappa shape index (κ1) is 12.2. The molecule has 1 aromatic rings. The van der Waals surface area contributed by atoms with Crippen LogP contribution in [0.5, 0.6) is 0 Å². The molecule has 1 aromatic carbocycles. The predicted molar refractivity (Wildman–Crippen MR) is 75.8 cm³/mol. The van der Waals surface area contributed by atoms with Gasteiger partial charge in [0.15, 0.2) is 0 Å². The summed E-state index contributed by atoms with van der Waals surface area (Å²) in [5.41, 5.74) is 8.91. The largest absolute Gasteiger partial charge is 0.330 e. The van der Waals surface area contributed by atoms with Crippen LogP contribution in [0.1, 0.15) is 42.7 Å². The predicted octanol–water partition coefficient (Wildman–Crippen LogP) is 2.53. The molecule has 0 aromatic heterocycles. The third-order valence-electron chi connectivity index (χ3n) is 4.67. The molecule has 2 nitrogen and oxygen atoms in total. The van der Waals surface area contributed by atoms with Crippen molar-refractivity contribution in [2.75, 3.05) is 19.6 Å². The van der Waals surface area contributed by atoms with E-state index in [1.54, 1.807) is 11.1 Å². The van der Waals surface area contributed by atoms with E-state index in [9.17, 15) is 0 Å². The molecule has 1 saturated heterocycles. The summed E-state index contributed by atoms with van der Waals surface area (Å²) in [6, 6.07) is 9.67. The van der Waals surface area contributed by atoms with Gasteiger partial charge in [-0.15, -0.1) is 0 Å². The van der Waals surface area contributed by atoms with Crippen LogP contribution in [0.25, 0.3) is 0 Å². The summed E-state index contributed by atoms with van der Waals surface area (Å²) >= 11 is 0. The topological polar surface area (TPSA) is 29.3 Å². The monoisotopic (exact) mass is 244 g/mol.